The van der Waals surface area contributed by atoms with E-state index in [1.54, 1.807) is 0 Å². The summed E-state index contributed by atoms with van der Waals surface area (Å²) in [5, 5.41) is 5.94. The number of amides is 1. The van der Waals surface area contributed by atoms with Crippen LogP contribution >= 0.6 is 0 Å². The van der Waals surface area contributed by atoms with Gasteiger partial charge in [0.05, 0.1) is 0 Å². The molecule has 1 amide bonds. The number of carbonyl (C=O) groups excluding carboxylic acids is 1. The molecule has 104 valence electrons. The normalized spacial score (nSPS) is 18.5. The smallest absolute Gasteiger partial charge is 0.220 e. The van der Waals surface area contributed by atoms with Crippen molar-refractivity contribution in [2.45, 2.75) is 25.8 Å². The van der Waals surface area contributed by atoms with Gasteiger partial charge in [-0.15, -0.1) is 0 Å². The SMILES string of the molecule is O=C(CCC1CCNC1)NCc1cc(F)cc(F)c1. The summed E-state index contributed by atoms with van der Waals surface area (Å²) in [4.78, 5) is 11.6. The van der Waals surface area contributed by atoms with Crippen molar-refractivity contribution in [1.29, 1.82) is 0 Å². The average Bonchev–Trinajstić information content (AvgIpc) is 2.86. The Balaban J connectivity index is 1.73. The molecule has 0 radical (unpaired) electrons. The fourth-order valence-electron chi connectivity index (χ4n) is 2.30. The molecule has 1 aromatic carbocycles. The molecular formula is C14H18F2N2O. The molecule has 1 unspecified atom stereocenters. The summed E-state index contributed by atoms with van der Waals surface area (Å²) in [5.74, 6) is -0.753. The van der Waals surface area contributed by atoms with Crippen LogP contribution in [-0.2, 0) is 11.3 Å². The van der Waals surface area contributed by atoms with Gasteiger partial charge in [0.2, 0.25) is 5.91 Å². The van der Waals surface area contributed by atoms with Crippen LogP contribution in [0.5, 0.6) is 0 Å². The zero-order valence-electron chi connectivity index (χ0n) is 10.7. The number of nitrogens with one attached hydrogen (secondary N) is 2. The van der Waals surface area contributed by atoms with E-state index in [0.29, 0.717) is 17.9 Å². The lowest BCUT2D eigenvalue weighted by Gasteiger charge is -2.09. The fourth-order valence-corrected chi connectivity index (χ4v) is 2.30. The second-order valence-electron chi connectivity index (χ2n) is 4.95. The zero-order valence-corrected chi connectivity index (χ0v) is 10.7. The van der Waals surface area contributed by atoms with E-state index in [9.17, 15) is 13.6 Å². The summed E-state index contributed by atoms with van der Waals surface area (Å²) in [6.45, 7) is 2.16. The second-order valence-corrected chi connectivity index (χ2v) is 4.95. The van der Waals surface area contributed by atoms with Crippen molar-refractivity contribution in [1.82, 2.24) is 10.6 Å². The number of halogens is 2. The van der Waals surface area contributed by atoms with Gasteiger partial charge in [0.15, 0.2) is 0 Å². The molecular weight excluding hydrogens is 250 g/mol. The van der Waals surface area contributed by atoms with Crippen LogP contribution < -0.4 is 10.6 Å². The molecule has 0 aliphatic carbocycles. The van der Waals surface area contributed by atoms with Gasteiger partial charge >= 0.3 is 0 Å². The minimum absolute atomic E-state index is 0.0726. The van der Waals surface area contributed by atoms with Gasteiger partial charge in [0, 0.05) is 19.0 Å². The lowest BCUT2D eigenvalue weighted by Crippen LogP contribution is -2.23. The second kappa shape index (κ2) is 6.61. The Hall–Kier alpha value is -1.49. The molecule has 0 aromatic heterocycles. The van der Waals surface area contributed by atoms with Gasteiger partial charge < -0.3 is 10.6 Å². The van der Waals surface area contributed by atoms with Crippen LogP contribution in [0.1, 0.15) is 24.8 Å². The van der Waals surface area contributed by atoms with Crippen molar-refractivity contribution in [3.8, 4) is 0 Å². The summed E-state index contributed by atoms with van der Waals surface area (Å²) in [6, 6.07) is 3.27. The zero-order chi connectivity index (χ0) is 13.7. The molecule has 0 saturated carbocycles. The number of hydrogen-bond acceptors (Lipinski definition) is 2. The monoisotopic (exact) mass is 268 g/mol. The van der Waals surface area contributed by atoms with Crippen molar-refractivity contribution in [3.05, 3.63) is 35.4 Å². The Kier molecular flexibility index (Phi) is 4.85. The van der Waals surface area contributed by atoms with E-state index in [1.165, 1.54) is 12.1 Å². The molecule has 1 aliphatic heterocycles. The molecule has 2 rings (SSSR count). The Morgan fingerprint density at radius 2 is 2.05 bits per heavy atom. The van der Waals surface area contributed by atoms with Gasteiger partial charge in [0.25, 0.3) is 0 Å². The van der Waals surface area contributed by atoms with Crippen molar-refractivity contribution >= 4 is 5.91 Å². The quantitative estimate of drug-likeness (QED) is 0.857. The summed E-state index contributed by atoms with van der Waals surface area (Å²) in [7, 11) is 0. The van der Waals surface area contributed by atoms with Gasteiger partial charge in [-0.1, -0.05) is 0 Å². The highest BCUT2D eigenvalue weighted by Gasteiger charge is 2.15. The minimum atomic E-state index is -0.624. The van der Waals surface area contributed by atoms with E-state index < -0.39 is 11.6 Å². The summed E-state index contributed by atoms with van der Waals surface area (Å²) in [5.41, 5.74) is 0.438. The molecule has 0 bridgehead atoms. The molecule has 1 saturated heterocycles. The van der Waals surface area contributed by atoms with Gasteiger partial charge in [-0.2, -0.15) is 0 Å². The van der Waals surface area contributed by atoms with Crippen LogP contribution in [0.25, 0.3) is 0 Å². The number of hydrogen-bond donors (Lipinski definition) is 2. The van der Waals surface area contributed by atoms with E-state index >= 15 is 0 Å². The first kappa shape index (κ1) is 13.9. The van der Waals surface area contributed by atoms with Crippen molar-refractivity contribution < 1.29 is 13.6 Å². The molecule has 3 nitrogen and oxygen atoms in total. The third kappa shape index (κ3) is 4.59. The average molecular weight is 268 g/mol. The van der Waals surface area contributed by atoms with Gasteiger partial charge in [0.1, 0.15) is 11.6 Å². The van der Waals surface area contributed by atoms with Crippen LogP contribution in [0.15, 0.2) is 18.2 Å². The minimum Gasteiger partial charge on any atom is -0.352 e. The molecule has 1 fully saturated rings. The molecule has 1 aromatic rings. The Bertz CT molecular complexity index is 425. The summed E-state index contributed by atoms with van der Waals surface area (Å²) in [6.07, 6.45) is 2.43. The first-order chi connectivity index (χ1) is 9.13. The van der Waals surface area contributed by atoms with E-state index in [-0.39, 0.29) is 12.5 Å². The van der Waals surface area contributed by atoms with Crippen molar-refractivity contribution in [2.75, 3.05) is 13.1 Å². The fraction of sp³-hybridized carbons (Fsp3) is 0.500. The molecule has 2 N–H and O–H groups in total. The molecule has 0 spiro atoms. The number of benzene rings is 1. The van der Waals surface area contributed by atoms with Crippen molar-refractivity contribution in [2.24, 2.45) is 5.92 Å². The van der Waals surface area contributed by atoms with E-state index in [2.05, 4.69) is 10.6 Å². The standard InChI is InChI=1S/C14H18F2N2O/c15-12-5-11(6-13(16)7-12)9-18-14(19)2-1-10-3-4-17-8-10/h5-7,10,17H,1-4,8-9H2,(H,18,19). The maximum absolute atomic E-state index is 12.9. The molecule has 1 atom stereocenters. The first-order valence-corrected chi connectivity index (χ1v) is 6.56. The number of carbonyl (C=O) groups is 1. The summed E-state index contributed by atoms with van der Waals surface area (Å²) >= 11 is 0. The predicted molar refractivity (Wildman–Crippen MR) is 68.4 cm³/mol. The maximum Gasteiger partial charge on any atom is 0.220 e. The molecule has 5 heteroatoms. The predicted octanol–water partition coefficient (Wildman–Crippen LogP) is 1.97. The van der Waals surface area contributed by atoms with Crippen molar-refractivity contribution in [3.63, 3.8) is 0 Å². The van der Waals surface area contributed by atoms with Crippen LogP contribution in [0, 0.1) is 17.6 Å². The third-order valence-corrected chi connectivity index (χ3v) is 3.35. The van der Waals surface area contributed by atoms with E-state index in [1.807, 2.05) is 0 Å². The molecule has 1 aliphatic rings. The Morgan fingerprint density at radius 3 is 2.68 bits per heavy atom. The largest absolute Gasteiger partial charge is 0.352 e. The highest BCUT2D eigenvalue weighted by Crippen LogP contribution is 2.14. The molecule has 1 heterocycles. The Labute approximate surface area is 111 Å². The maximum atomic E-state index is 12.9. The van der Waals surface area contributed by atoms with Gasteiger partial charge in [-0.25, -0.2) is 8.78 Å². The lowest BCUT2D eigenvalue weighted by molar-refractivity contribution is -0.121. The third-order valence-electron chi connectivity index (χ3n) is 3.35. The lowest BCUT2D eigenvalue weighted by atomic mass is 10.0. The van der Waals surface area contributed by atoms with Gasteiger partial charge in [-0.3, -0.25) is 4.79 Å². The number of rotatable bonds is 5. The molecule has 19 heavy (non-hydrogen) atoms. The van der Waals surface area contributed by atoms with E-state index in [0.717, 1.165) is 32.0 Å². The van der Waals surface area contributed by atoms with Crippen LogP contribution in [0.3, 0.4) is 0 Å². The Morgan fingerprint density at radius 1 is 1.32 bits per heavy atom. The van der Waals surface area contributed by atoms with Crippen LogP contribution in [0.4, 0.5) is 8.78 Å². The highest BCUT2D eigenvalue weighted by molar-refractivity contribution is 5.75. The van der Waals surface area contributed by atoms with E-state index in [4.69, 9.17) is 0 Å². The van der Waals surface area contributed by atoms with Gasteiger partial charge in [-0.05, 0) is 49.5 Å². The topological polar surface area (TPSA) is 41.1 Å². The highest BCUT2D eigenvalue weighted by atomic mass is 19.1. The van der Waals surface area contributed by atoms with Crippen LogP contribution in [-0.4, -0.2) is 19.0 Å². The first-order valence-electron chi connectivity index (χ1n) is 6.56. The summed E-state index contributed by atoms with van der Waals surface area (Å²) < 4.78 is 25.9. The van der Waals surface area contributed by atoms with Crippen LogP contribution in [0.2, 0.25) is 0 Å².